The van der Waals surface area contributed by atoms with Crippen LogP contribution in [0.5, 0.6) is 11.5 Å². The molecule has 0 N–H and O–H groups in total. The largest absolute Gasteiger partial charge is 0.491 e. The molecule has 0 spiro atoms. The highest BCUT2D eigenvalue weighted by molar-refractivity contribution is 7.10. The van der Waals surface area contributed by atoms with Gasteiger partial charge in [-0.25, -0.2) is 4.79 Å². The van der Waals surface area contributed by atoms with Gasteiger partial charge >= 0.3 is 11.8 Å². The number of carbonyl (C=O) groups is 1. The summed E-state index contributed by atoms with van der Waals surface area (Å²) in [5, 5.41) is 13.5. The van der Waals surface area contributed by atoms with Crippen molar-refractivity contribution < 1.29 is 23.9 Å². The van der Waals surface area contributed by atoms with E-state index in [9.17, 15) is 14.9 Å². The van der Waals surface area contributed by atoms with Crippen molar-refractivity contribution in [2.75, 3.05) is 39.9 Å². The maximum atomic E-state index is 12.3. The van der Waals surface area contributed by atoms with Crippen LogP contribution in [0.3, 0.4) is 0 Å². The lowest BCUT2D eigenvalue weighted by Crippen LogP contribution is -2.49. The summed E-state index contributed by atoms with van der Waals surface area (Å²) in [5.74, 6) is 1.05. The number of benzene rings is 1. The molecule has 2 aromatic rings. The second-order valence-corrected chi connectivity index (χ2v) is 10.1. The average Bonchev–Trinajstić information content (AvgIpc) is 3.04. The summed E-state index contributed by atoms with van der Waals surface area (Å²) in [6.45, 7) is 9.46. The molecule has 1 aromatic heterocycles. The molecule has 1 saturated heterocycles. The minimum atomic E-state index is -0.507. The number of carbonyl (C=O) groups excluding carboxylic acids is 1. The van der Waals surface area contributed by atoms with E-state index in [2.05, 4.69) is 4.90 Å². The van der Waals surface area contributed by atoms with Crippen LogP contribution in [-0.2, 0) is 17.7 Å². The Hall–Kier alpha value is -2.85. The quantitative estimate of drug-likeness (QED) is 0.480. The maximum Gasteiger partial charge on any atom is 0.410 e. The first-order valence-corrected chi connectivity index (χ1v) is 11.8. The van der Waals surface area contributed by atoms with Gasteiger partial charge in [-0.3, -0.25) is 15.0 Å². The van der Waals surface area contributed by atoms with Gasteiger partial charge in [-0.1, -0.05) is 6.07 Å². The third-order valence-corrected chi connectivity index (χ3v) is 6.67. The molecule has 0 radical (unpaired) electrons. The van der Waals surface area contributed by atoms with Crippen LogP contribution in [0.15, 0.2) is 17.5 Å². The summed E-state index contributed by atoms with van der Waals surface area (Å²) in [6, 6.07) is 3.29. The van der Waals surface area contributed by atoms with Crippen LogP contribution < -0.4 is 9.47 Å². The first-order chi connectivity index (χ1) is 15.7. The van der Waals surface area contributed by atoms with Crippen molar-refractivity contribution in [3.63, 3.8) is 0 Å². The third kappa shape index (κ3) is 4.91. The highest BCUT2D eigenvalue weighted by Crippen LogP contribution is 2.49. The lowest BCUT2D eigenvalue weighted by Gasteiger charge is -2.35. The number of ether oxygens (including phenoxy) is 3. The third-order valence-electron chi connectivity index (χ3n) is 5.72. The van der Waals surface area contributed by atoms with Gasteiger partial charge in [0.25, 0.3) is 0 Å². The minimum absolute atomic E-state index is 0.0462. The molecule has 2 aliphatic rings. The first-order valence-electron chi connectivity index (χ1n) is 11.0. The van der Waals surface area contributed by atoms with Crippen molar-refractivity contribution in [2.45, 2.75) is 39.3 Å². The number of nitro groups is 1. The van der Waals surface area contributed by atoms with Crippen molar-refractivity contribution in [3.8, 4) is 22.6 Å². The molecule has 4 rings (SSSR count). The van der Waals surface area contributed by atoms with Crippen LogP contribution in [0.25, 0.3) is 11.1 Å². The molecular weight excluding hydrogens is 446 g/mol. The van der Waals surface area contributed by atoms with Crippen molar-refractivity contribution in [1.82, 2.24) is 9.80 Å². The number of methoxy groups -OCH3 is 1. The van der Waals surface area contributed by atoms with Crippen molar-refractivity contribution >= 4 is 23.1 Å². The van der Waals surface area contributed by atoms with Crippen molar-refractivity contribution in [2.24, 2.45) is 0 Å². The zero-order valence-corrected chi connectivity index (χ0v) is 20.2. The van der Waals surface area contributed by atoms with Crippen LogP contribution in [0, 0.1) is 10.1 Å². The minimum Gasteiger partial charge on any atom is -0.491 e. The monoisotopic (exact) mass is 475 g/mol. The lowest BCUT2D eigenvalue weighted by molar-refractivity contribution is -0.385. The number of thiophene rings is 1. The molecule has 1 aromatic carbocycles. The fourth-order valence-electron chi connectivity index (χ4n) is 4.17. The lowest BCUT2D eigenvalue weighted by atomic mass is 9.97. The van der Waals surface area contributed by atoms with E-state index in [4.69, 9.17) is 14.2 Å². The van der Waals surface area contributed by atoms with Gasteiger partial charge in [-0.15, -0.1) is 11.3 Å². The van der Waals surface area contributed by atoms with Gasteiger partial charge in [0, 0.05) is 61.7 Å². The van der Waals surface area contributed by atoms with E-state index in [1.54, 1.807) is 22.3 Å². The Bertz CT molecular complexity index is 1050. The van der Waals surface area contributed by atoms with Gasteiger partial charge in [0.2, 0.25) is 5.75 Å². The number of fused-ring (bicyclic) bond motifs is 3. The van der Waals surface area contributed by atoms with Crippen LogP contribution in [0.4, 0.5) is 10.5 Å². The van der Waals surface area contributed by atoms with Crippen LogP contribution >= 0.6 is 11.3 Å². The number of amides is 1. The Morgan fingerprint density at radius 3 is 2.61 bits per heavy atom. The average molecular weight is 476 g/mol. The number of nitro benzene ring substituents is 1. The van der Waals surface area contributed by atoms with E-state index in [0.29, 0.717) is 32.7 Å². The topological polar surface area (TPSA) is 94.4 Å². The first kappa shape index (κ1) is 23.3. The normalized spacial score (nSPS) is 16.3. The van der Waals surface area contributed by atoms with Gasteiger partial charge in [0.1, 0.15) is 11.4 Å². The van der Waals surface area contributed by atoms with Gasteiger partial charge in [0.05, 0.1) is 23.5 Å². The summed E-state index contributed by atoms with van der Waals surface area (Å²) < 4.78 is 17.1. The van der Waals surface area contributed by atoms with Gasteiger partial charge in [0.15, 0.2) is 0 Å². The van der Waals surface area contributed by atoms with E-state index in [1.165, 1.54) is 13.2 Å². The Labute approximate surface area is 197 Å². The summed E-state index contributed by atoms with van der Waals surface area (Å²) in [6.07, 6.45) is 0.373. The highest BCUT2D eigenvalue weighted by Gasteiger charge is 2.30. The summed E-state index contributed by atoms with van der Waals surface area (Å²) >= 11 is 1.58. The molecule has 2 aliphatic heterocycles. The molecule has 0 bridgehead atoms. The molecule has 1 amide bonds. The summed E-state index contributed by atoms with van der Waals surface area (Å²) in [4.78, 5) is 28.5. The molecule has 0 unspecified atom stereocenters. The zero-order valence-electron chi connectivity index (χ0n) is 19.4. The van der Waals surface area contributed by atoms with E-state index in [0.717, 1.165) is 40.4 Å². The standard InChI is InChI=1S/C23H29N3O6S/c1-23(2,3)32-22(27)25-10-8-24(9-11-25)13-18-20-16(14-33-18)19-15(7-12-31-20)5-6-17(26(28)29)21(19)30-4/h5-6,14H,7-13H2,1-4H3. The van der Waals surface area contributed by atoms with E-state index in [1.807, 2.05) is 26.2 Å². The van der Waals surface area contributed by atoms with Gasteiger partial charge < -0.3 is 19.1 Å². The summed E-state index contributed by atoms with van der Waals surface area (Å²) in [5.41, 5.74) is 2.01. The second-order valence-electron chi connectivity index (χ2n) is 9.15. The zero-order chi connectivity index (χ0) is 23.8. The Balaban J connectivity index is 1.52. The molecule has 9 nitrogen and oxygen atoms in total. The number of nitrogens with zero attached hydrogens (tertiary/aromatic N) is 3. The van der Waals surface area contributed by atoms with Crippen LogP contribution in [-0.4, -0.2) is 66.3 Å². The molecular formula is C23H29N3O6S. The molecule has 0 atom stereocenters. The number of hydrogen-bond donors (Lipinski definition) is 0. The number of rotatable bonds is 4. The van der Waals surface area contributed by atoms with Gasteiger partial charge in [-0.05, 0) is 26.3 Å². The Morgan fingerprint density at radius 2 is 1.97 bits per heavy atom. The molecule has 3 heterocycles. The van der Waals surface area contributed by atoms with E-state index < -0.39 is 10.5 Å². The predicted octanol–water partition coefficient (Wildman–Crippen LogP) is 4.32. The highest BCUT2D eigenvalue weighted by atomic mass is 32.1. The fourth-order valence-corrected chi connectivity index (χ4v) is 5.19. The van der Waals surface area contributed by atoms with Crippen molar-refractivity contribution in [3.05, 3.63) is 38.1 Å². The van der Waals surface area contributed by atoms with Gasteiger partial charge in [-0.2, -0.15) is 0 Å². The number of piperazine rings is 1. The molecule has 10 heteroatoms. The summed E-state index contributed by atoms with van der Waals surface area (Å²) in [7, 11) is 1.46. The van der Waals surface area contributed by atoms with Crippen molar-refractivity contribution in [1.29, 1.82) is 0 Å². The van der Waals surface area contributed by atoms with E-state index in [-0.39, 0.29) is 17.5 Å². The predicted molar refractivity (Wildman–Crippen MR) is 125 cm³/mol. The van der Waals surface area contributed by atoms with Crippen LogP contribution in [0.1, 0.15) is 31.2 Å². The molecule has 178 valence electrons. The smallest absolute Gasteiger partial charge is 0.410 e. The molecule has 1 fully saturated rings. The fraction of sp³-hybridized carbons (Fsp3) is 0.522. The molecule has 33 heavy (non-hydrogen) atoms. The Morgan fingerprint density at radius 1 is 1.24 bits per heavy atom. The Kier molecular flexibility index (Phi) is 6.49. The van der Waals surface area contributed by atoms with Crippen LogP contribution in [0.2, 0.25) is 0 Å². The number of hydrogen-bond acceptors (Lipinski definition) is 8. The SMILES string of the molecule is COc1c([N+](=O)[O-])ccc2c1-c1csc(CN3CCN(C(=O)OC(C)(C)C)CC3)c1OCC2. The van der Waals surface area contributed by atoms with E-state index >= 15 is 0 Å². The molecule has 0 saturated carbocycles. The maximum absolute atomic E-state index is 12.3. The molecule has 0 aliphatic carbocycles. The second kappa shape index (κ2) is 9.18.